The lowest BCUT2D eigenvalue weighted by atomic mass is 9.59. The van der Waals surface area contributed by atoms with Crippen LogP contribution in [-0.2, 0) is 4.65 Å². The average molecular weight is 322 g/mol. The molecular formula is C17H35BOSi2. The molecule has 0 saturated heterocycles. The molecule has 0 aliphatic carbocycles. The molecule has 0 bridgehead atoms. The minimum atomic E-state index is -1.32. The predicted molar refractivity (Wildman–Crippen MR) is 103 cm³/mol. The molecule has 21 heavy (non-hydrogen) atoms. The second kappa shape index (κ2) is 7.01. The fraction of sp³-hybridized carbons (Fsp3) is 0.765. The molecule has 1 heterocycles. The maximum absolute atomic E-state index is 6.37. The summed E-state index contributed by atoms with van der Waals surface area (Å²) in [7, 11) is -2.63. The van der Waals surface area contributed by atoms with Crippen LogP contribution in [0.15, 0.2) is 22.8 Å². The summed E-state index contributed by atoms with van der Waals surface area (Å²) in [5.41, 5.74) is 2.15. The van der Waals surface area contributed by atoms with Crippen molar-refractivity contribution in [3.8, 4) is 0 Å². The highest BCUT2D eigenvalue weighted by Gasteiger charge is 2.44. The van der Waals surface area contributed by atoms with Crippen molar-refractivity contribution in [2.75, 3.05) is 0 Å². The molecule has 1 aliphatic heterocycles. The van der Waals surface area contributed by atoms with Crippen molar-refractivity contribution >= 4 is 23.1 Å². The van der Waals surface area contributed by atoms with Gasteiger partial charge >= 0.3 is 6.92 Å². The van der Waals surface area contributed by atoms with Crippen molar-refractivity contribution in [2.45, 2.75) is 84.4 Å². The SMILES string of the molecule is CCCC1=CB(OC(C)C)C([Si](C)(C)C)C([Si](C)(C)C)=C1. The van der Waals surface area contributed by atoms with E-state index in [4.69, 9.17) is 4.65 Å². The summed E-state index contributed by atoms with van der Waals surface area (Å²) in [4.78, 5) is 0. The van der Waals surface area contributed by atoms with Gasteiger partial charge < -0.3 is 4.65 Å². The third-order valence-corrected chi connectivity index (χ3v) is 9.13. The Morgan fingerprint density at radius 2 is 1.71 bits per heavy atom. The molecule has 0 N–H and O–H groups in total. The molecule has 0 saturated carbocycles. The van der Waals surface area contributed by atoms with Crippen molar-refractivity contribution in [1.82, 2.24) is 0 Å². The number of allylic oxidation sites excluding steroid dienone is 3. The molecule has 0 aromatic carbocycles. The Morgan fingerprint density at radius 1 is 1.14 bits per heavy atom. The first-order valence-corrected chi connectivity index (χ1v) is 15.6. The molecule has 0 aromatic rings. The maximum Gasteiger partial charge on any atom is 0.324 e. The summed E-state index contributed by atoms with van der Waals surface area (Å²) in [6.45, 7) is 21.9. The first kappa shape index (κ1) is 19.0. The maximum atomic E-state index is 6.37. The van der Waals surface area contributed by atoms with E-state index in [0.29, 0.717) is 18.5 Å². The van der Waals surface area contributed by atoms with E-state index >= 15 is 0 Å². The fourth-order valence-corrected chi connectivity index (χ4v) is 9.83. The van der Waals surface area contributed by atoms with Crippen molar-refractivity contribution in [2.24, 2.45) is 0 Å². The van der Waals surface area contributed by atoms with Gasteiger partial charge in [-0.1, -0.05) is 75.4 Å². The summed E-state index contributed by atoms with van der Waals surface area (Å²) >= 11 is 0. The van der Waals surface area contributed by atoms with Gasteiger partial charge in [0.1, 0.15) is 0 Å². The number of hydrogen-bond donors (Lipinski definition) is 0. The molecule has 0 aromatic heterocycles. The normalized spacial score (nSPS) is 20.7. The number of rotatable bonds is 6. The molecule has 0 spiro atoms. The van der Waals surface area contributed by atoms with Crippen LogP contribution in [0.3, 0.4) is 0 Å². The Kier molecular flexibility index (Phi) is 6.34. The van der Waals surface area contributed by atoms with Crippen LogP contribution in [0.25, 0.3) is 0 Å². The van der Waals surface area contributed by atoms with Crippen LogP contribution in [0.4, 0.5) is 0 Å². The summed E-state index contributed by atoms with van der Waals surface area (Å²) in [5, 5.41) is 1.75. The monoisotopic (exact) mass is 322 g/mol. The molecule has 0 amide bonds. The standard InChI is InChI=1S/C17H35BOSi2/c1-10-11-15-12-16(20(4,5)6)17(21(7,8)9)18(13-15)19-14(2)3/h12-14,17H,10-11H2,1-9H3. The third-order valence-electron chi connectivity index (χ3n) is 4.15. The van der Waals surface area contributed by atoms with Crippen LogP contribution in [-0.4, -0.2) is 29.2 Å². The van der Waals surface area contributed by atoms with E-state index in [2.05, 4.69) is 72.1 Å². The Morgan fingerprint density at radius 3 is 2.10 bits per heavy atom. The quantitative estimate of drug-likeness (QED) is 0.567. The topological polar surface area (TPSA) is 9.23 Å². The van der Waals surface area contributed by atoms with Crippen molar-refractivity contribution in [3.63, 3.8) is 0 Å². The number of hydrogen-bond acceptors (Lipinski definition) is 1. The van der Waals surface area contributed by atoms with Gasteiger partial charge in [-0.25, -0.2) is 0 Å². The molecule has 0 radical (unpaired) electrons. The first-order valence-electron chi connectivity index (χ1n) is 8.55. The van der Waals surface area contributed by atoms with Gasteiger partial charge in [0.25, 0.3) is 0 Å². The molecule has 120 valence electrons. The van der Waals surface area contributed by atoms with Crippen molar-refractivity contribution < 1.29 is 4.65 Å². The Hall–Kier alpha value is -0.0613. The van der Waals surface area contributed by atoms with E-state index in [1.54, 1.807) is 5.20 Å². The van der Waals surface area contributed by atoms with Gasteiger partial charge in [-0.3, -0.25) is 0 Å². The van der Waals surface area contributed by atoms with Crippen LogP contribution >= 0.6 is 0 Å². The van der Waals surface area contributed by atoms with Gasteiger partial charge in [-0.2, -0.15) is 0 Å². The molecule has 0 fully saturated rings. The van der Waals surface area contributed by atoms with Crippen molar-refractivity contribution in [3.05, 3.63) is 22.8 Å². The van der Waals surface area contributed by atoms with E-state index in [1.165, 1.54) is 18.4 Å². The van der Waals surface area contributed by atoms with Crippen LogP contribution in [0.5, 0.6) is 0 Å². The molecule has 1 rings (SSSR count). The molecule has 1 aliphatic rings. The largest absolute Gasteiger partial charge is 0.429 e. The van der Waals surface area contributed by atoms with Gasteiger partial charge in [0, 0.05) is 14.2 Å². The van der Waals surface area contributed by atoms with Gasteiger partial charge in [0.2, 0.25) is 0 Å². The highest BCUT2D eigenvalue weighted by molar-refractivity contribution is 6.96. The van der Waals surface area contributed by atoms with E-state index < -0.39 is 16.1 Å². The molecule has 4 heteroatoms. The Balaban J connectivity index is 3.30. The molecule has 1 atom stereocenters. The van der Waals surface area contributed by atoms with Gasteiger partial charge in [0.15, 0.2) is 0 Å². The van der Waals surface area contributed by atoms with Crippen LogP contribution in [0.1, 0.15) is 33.6 Å². The minimum absolute atomic E-state index is 0.296. The van der Waals surface area contributed by atoms with Crippen LogP contribution in [0.2, 0.25) is 44.7 Å². The Labute approximate surface area is 135 Å². The highest BCUT2D eigenvalue weighted by Crippen LogP contribution is 2.42. The summed E-state index contributed by atoms with van der Waals surface area (Å²) in [5.74, 6) is 2.44. The second-order valence-corrected chi connectivity index (χ2v) is 19.3. The van der Waals surface area contributed by atoms with E-state index in [-0.39, 0.29) is 0 Å². The fourth-order valence-electron chi connectivity index (χ4n) is 3.34. The van der Waals surface area contributed by atoms with Crippen LogP contribution in [0, 0.1) is 0 Å². The van der Waals surface area contributed by atoms with Gasteiger partial charge in [-0.05, 0) is 25.7 Å². The lowest BCUT2D eigenvalue weighted by Crippen LogP contribution is -2.48. The zero-order valence-corrected chi connectivity index (χ0v) is 17.7. The van der Waals surface area contributed by atoms with E-state index in [0.717, 1.165) is 0 Å². The average Bonchev–Trinajstić information content (AvgIpc) is 2.24. The smallest absolute Gasteiger partial charge is 0.324 e. The molecule has 1 nitrogen and oxygen atoms in total. The summed E-state index contributed by atoms with van der Waals surface area (Å²) in [6.07, 6.45) is 5.25. The lowest BCUT2D eigenvalue weighted by Gasteiger charge is -2.42. The van der Waals surface area contributed by atoms with Gasteiger partial charge in [0.05, 0.1) is 8.07 Å². The minimum Gasteiger partial charge on any atom is -0.429 e. The zero-order chi connectivity index (χ0) is 16.4. The third kappa shape index (κ3) is 5.26. The van der Waals surface area contributed by atoms with E-state index in [9.17, 15) is 0 Å². The van der Waals surface area contributed by atoms with E-state index in [1.807, 2.05) is 0 Å². The molecular weight excluding hydrogens is 287 g/mol. The second-order valence-electron chi connectivity index (χ2n) is 8.83. The summed E-state index contributed by atoms with van der Waals surface area (Å²) in [6, 6.07) is 0. The van der Waals surface area contributed by atoms with Crippen molar-refractivity contribution in [1.29, 1.82) is 0 Å². The van der Waals surface area contributed by atoms with Gasteiger partial charge in [-0.15, -0.1) is 0 Å². The summed E-state index contributed by atoms with van der Waals surface area (Å²) < 4.78 is 6.37. The lowest BCUT2D eigenvalue weighted by molar-refractivity contribution is 0.246. The van der Waals surface area contributed by atoms with Crippen LogP contribution < -0.4 is 0 Å². The first-order chi connectivity index (χ1) is 9.46. The predicted octanol–water partition coefficient (Wildman–Crippen LogP) is 5.73. The zero-order valence-electron chi connectivity index (χ0n) is 15.7. The highest BCUT2D eigenvalue weighted by atomic mass is 28.3. The molecule has 1 unspecified atom stereocenters. The Bertz CT molecular complexity index is 413.